The average molecular weight is 417 g/mol. The van der Waals surface area contributed by atoms with Gasteiger partial charge in [0, 0.05) is 31.1 Å². The lowest BCUT2D eigenvalue weighted by Gasteiger charge is -2.36. The molecule has 4 heterocycles. The molecule has 7 heteroatoms. The summed E-state index contributed by atoms with van der Waals surface area (Å²) in [7, 11) is 0. The molecule has 0 radical (unpaired) electrons. The number of ether oxygens (including phenoxy) is 2. The third-order valence-corrected chi connectivity index (χ3v) is 7.52. The van der Waals surface area contributed by atoms with Crippen molar-refractivity contribution in [3.63, 3.8) is 0 Å². The molecule has 0 bridgehead atoms. The topological polar surface area (TPSA) is 50.7 Å². The van der Waals surface area contributed by atoms with Crippen LogP contribution < -0.4 is 4.90 Å². The predicted molar refractivity (Wildman–Crippen MR) is 117 cm³/mol. The van der Waals surface area contributed by atoms with E-state index in [4.69, 9.17) is 19.4 Å². The van der Waals surface area contributed by atoms with Gasteiger partial charge in [0.05, 0.1) is 37.4 Å². The molecule has 6 nitrogen and oxygen atoms in total. The number of nitrogens with zero attached hydrogens (tertiary/aromatic N) is 4. The van der Waals surface area contributed by atoms with Gasteiger partial charge in [-0.15, -0.1) is 11.3 Å². The predicted octanol–water partition coefficient (Wildman–Crippen LogP) is 3.26. The van der Waals surface area contributed by atoms with Crippen molar-refractivity contribution in [1.82, 2.24) is 14.9 Å². The van der Waals surface area contributed by atoms with Crippen LogP contribution in [0.5, 0.6) is 0 Å². The van der Waals surface area contributed by atoms with Gasteiger partial charge in [-0.2, -0.15) is 0 Å². The first-order valence-electron chi connectivity index (χ1n) is 11.1. The van der Waals surface area contributed by atoms with Gasteiger partial charge in [0.2, 0.25) is 0 Å². The molecule has 0 unspecified atom stereocenters. The highest BCUT2D eigenvalue weighted by Crippen LogP contribution is 2.41. The minimum Gasteiger partial charge on any atom is -0.379 e. The molecule has 29 heavy (non-hydrogen) atoms. The van der Waals surface area contributed by atoms with Crippen LogP contribution in [-0.4, -0.2) is 66.5 Å². The summed E-state index contributed by atoms with van der Waals surface area (Å²) in [4.78, 5) is 17.8. The quantitative estimate of drug-likeness (QED) is 0.766. The Hall–Kier alpha value is -1.28. The number of thiophene rings is 1. The van der Waals surface area contributed by atoms with Gasteiger partial charge < -0.3 is 14.4 Å². The second kappa shape index (κ2) is 8.10. The highest BCUT2D eigenvalue weighted by Gasteiger charge is 2.30. The molecule has 3 atom stereocenters. The standard InChI is InChI=1S/C22H32N4O2S/c1-14-4-5-17-18(10-14)29-22-20(17)21(26-11-15(2)28-16(3)12-26)23-19(24-22)13-25-6-8-27-9-7-25/h14-16H,4-13H2,1-3H3/t14-,15+,16+/m0/s1. The van der Waals surface area contributed by atoms with Crippen molar-refractivity contribution in [2.75, 3.05) is 44.3 Å². The van der Waals surface area contributed by atoms with Gasteiger partial charge in [-0.25, -0.2) is 9.97 Å². The van der Waals surface area contributed by atoms with Gasteiger partial charge in [-0.1, -0.05) is 6.92 Å². The molecule has 0 N–H and O–H groups in total. The van der Waals surface area contributed by atoms with E-state index >= 15 is 0 Å². The van der Waals surface area contributed by atoms with Crippen molar-refractivity contribution >= 4 is 27.4 Å². The molecule has 0 spiro atoms. The Morgan fingerprint density at radius 2 is 1.83 bits per heavy atom. The average Bonchev–Trinajstić information content (AvgIpc) is 3.04. The first-order chi connectivity index (χ1) is 14.1. The Labute approximate surface area is 177 Å². The van der Waals surface area contributed by atoms with E-state index in [1.165, 1.54) is 33.5 Å². The molecule has 0 amide bonds. The molecule has 2 aromatic rings. The van der Waals surface area contributed by atoms with Crippen molar-refractivity contribution < 1.29 is 9.47 Å². The second-order valence-corrected chi connectivity index (χ2v) is 10.1. The molecule has 5 rings (SSSR count). The van der Waals surface area contributed by atoms with E-state index in [1.54, 1.807) is 0 Å². The summed E-state index contributed by atoms with van der Waals surface area (Å²) in [6.07, 6.45) is 4.06. The molecule has 2 aromatic heterocycles. The van der Waals surface area contributed by atoms with Gasteiger partial charge in [-0.3, -0.25) is 4.90 Å². The van der Waals surface area contributed by atoms with Crippen molar-refractivity contribution in [3.05, 3.63) is 16.3 Å². The fourth-order valence-corrected chi connectivity index (χ4v) is 6.37. The SMILES string of the molecule is C[C@H]1CCc2c(sc3nc(CN4CCOCC4)nc(N4C[C@@H](C)O[C@H](C)C4)c23)C1. The number of rotatable bonds is 3. The van der Waals surface area contributed by atoms with Crippen LogP contribution in [0.3, 0.4) is 0 Å². The summed E-state index contributed by atoms with van der Waals surface area (Å²) >= 11 is 1.91. The molecular formula is C22H32N4O2S. The van der Waals surface area contributed by atoms with E-state index in [0.29, 0.717) is 0 Å². The summed E-state index contributed by atoms with van der Waals surface area (Å²) < 4.78 is 11.5. The number of anilines is 1. The van der Waals surface area contributed by atoms with E-state index in [9.17, 15) is 0 Å². The maximum absolute atomic E-state index is 6.01. The van der Waals surface area contributed by atoms with Gasteiger partial charge in [0.25, 0.3) is 0 Å². The summed E-state index contributed by atoms with van der Waals surface area (Å²) in [5.74, 6) is 2.86. The number of hydrogen-bond acceptors (Lipinski definition) is 7. The molecule has 0 saturated carbocycles. The zero-order chi connectivity index (χ0) is 20.0. The molecular weight excluding hydrogens is 384 g/mol. The Kier molecular flexibility index (Phi) is 5.49. The van der Waals surface area contributed by atoms with Crippen molar-refractivity contribution in [1.29, 1.82) is 0 Å². The summed E-state index contributed by atoms with van der Waals surface area (Å²) in [5.41, 5.74) is 1.52. The molecule has 2 saturated heterocycles. The smallest absolute Gasteiger partial charge is 0.146 e. The summed E-state index contributed by atoms with van der Waals surface area (Å²) in [5, 5.41) is 1.32. The van der Waals surface area contributed by atoms with Gasteiger partial charge in [0.1, 0.15) is 16.5 Å². The van der Waals surface area contributed by atoms with E-state index in [2.05, 4.69) is 30.6 Å². The molecule has 0 aromatic carbocycles. The van der Waals surface area contributed by atoms with Crippen LogP contribution in [0.1, 0.15) is 43.5 Å². The van der Waals surface area contributed by atoms with Crippen LogP contribution in [-0.2, 0) is 28.9 Å². The van der Waals surface area contributed by atoms with Crippen LogP contribution in [0.2, 0.25) is 0 Å². The highest BCUT2D eigenvalue weighted by molar-refractivity contribution is 7.19. The Balaban J connectivity index is 1.57. The Morgan fingerprint density at radius 1 is 1.07 bits per heavy atom. The Bertz CT molecular complexity index is 869. The summed E-state index contributed by atoms with van der Waals surface area (Å²) in [6.45, 7) is 12.8. The lowest BCUT2D eigenvalue weighted by Crippen LogP contribution is -2.46. The number of aryl methyl sites for hydroxylation is 1. The molecule has 3 aliphatic rings. The van der Waals surface area contributed by atoms with E-state index in [-0.39, 0.29) is 12.2 Å². The van der Waals surface area contributed by atoms with E-state index < -0.39 is 0 Å². The zero-order valence-corrected chi connectivity index (χ0v) is 18.6. The normalized spacial score (nSPS) is 28.7. The number of aromatic nitrogens is 2. The van der Waals surface area contributed by atoms with Crippen molar-refractivity contribution in [2.24, 2.45) is 5.92 Å². The van der Waals surface area contributed by atoms with Gasteiger partial charge in [0.15, 0.2) is 0 Å². The fourth-order valence-electron chi connectivity index (χ4n) is 4.98. The van der Waals surface area contributed by atoms with E-state index in [0.717, 1.165) is 69.9 Å². The third-order valence-electron chi connectivity index (χ3n) is 6.37. The molecule has 2 aliphatic heterocycles. The first kappa shape index (κ1) is 19.7. The minimum absolute atomic E-state index is 0.223. The highest BCUT2D eigenvalue weighted by atomic mass is 32.1. The molecule has 158 valence electrons. The van der Waals surface area contributed by atoms with Crippen molar-refractivity contribution in [2.45, 2.75) is 58.8 Å². The molecule has 1 aliphatic carbocycles. The number of morpholine rings is 2. The van der Waals surface area contributed by atoms with Crippen LogP contribution in [0, 0.1) is 5.92 Å². The monoisotopic (exact) mass is 416 g/mol. The largest absolute Gasteiger partial charge is 0.379 e. The van der Waals surface area contributed by atoms with Crippen LogP contribution in [0.15, 0.2) is 0 Å². The third kappa shape index (κ3) is 4.02. The maximum Gasteiger partial charge on any atom is 0.146 e. The van der Waals surface area contributed by atoms with Crippen molar-refractivity contribution in [3.8, 4) is 0 Å². The van der Waals surface area contributed by atoms with Crippen LogP contribution in [0.25, 0.3) is 10.2 Å². The minimum atomic E-state index is 0.223. The van der Waals surface area contributed by atoms with E-state index in [1.807, 2.05) is 11.3 Å². The lowest BCUT2D eigenvalue weighted by molar-refractivity contribution is -0.00541. The van der Waals surface area contributed by atoms with Crippen LogP contribution >= 0.6 is 11.3 Å². The maximum atomic E-state index is 6.01. The Morgan fingerprint density at radius 3 is 2.59 bits per heavy atom. The summed E-state index contributed by atoms with van der Waals surface area (Å²) in [6, 6.07) is 0. The zero-order valence-electron chi connectivity index (χ0n) is 17.8. The fraction of sp³-hybridized carbons (Fsp3) is 0.727. The number of fused-ring (bicyclic) bond motifs is 3. The van der Waals surface area contributed by atoms with Crippen LogP contribution in [0.4, 0.5) is 5.82 Å². The van der Waals surface area contributed by atoms with Gasteiger partial charge >= 0.3 is 0 Å². The lowest BCUT2D eigenvalue weighted by atomic mass is 9.89. The van der Waals surface area contributed by atoms with Gasteiger partial charge in [-0.05, 0) is 44.6 Å². The second-order valence-electron chi connectivity index (χ2n) is 9.05. The molecule has 2 fully saturated rings. The number of hydrogen-bond donors (Lipinski definition) is 0. The first-order valence-corrected chi connectivity index (χ1v) is 11.9.